The summed E-state index contributed by atoms with van der Waals surface area (Å²) in [5, 5.41) is 11.8. The molecule has 4 aliphatic rings. The van der Waals surface area contributed by atoms with Gasteiger partial charge < -0.3 is 4.18 Å². The lowest BCUT2D eigenvalue weighted by molar-refractivity contribution is -0.591. The fourth-order valence-electron chi connectivity index (χ4n) is 5.91. The SMILES string of the molecule is CC=C(OS(=O)(=O)c1ccccc1)C12CC3CC(C1)CC([N+](=O)[O-])(C3)C2. The van der Waals surface area contributed by atoms with E-state index in [9.17, 15) is 18.5 Å². The highest BCUT2D eigenvalue weighted by Gasteiger charge is 2.65. The fourth-order valence-corrected chi connectivity index (χ4v) is 7.01. The minimum absolute atomic E-state index is 0.105. The molecule has 4 aliphatic carbocycles. The number of hydrogen-bond donors (Lipinski definition) is 0. The summed E-state index contributed by atoms with van der Waals surface area (Å²) in [6.07, 6.45) is 5.87. The van der Waals surface area contributed by atoms with Crippen LogP contribution in [0, 0.1) is 27.4 Å². The Morgan fingerprint density at radius 2 is 1.81 bits per heavy atom. The molecule has 2 atom stereocenters. The van der Waals surface area contributed by atoms with Gasteiger partial charge in [0.25, 0.3) is 0 Å². The van der Waals surface area contributed by atoms with Crippen LogP contribution >= 0.6 is 0 Å². The molecule has 5 rings (SSSR count). The average Bonchev–Trinajstić information content (AvgIpc) is 2.59. The van der Waals surface area contributed by atoms with Gasteiger partial charge in [0, 0.05) is 29.6 Å². The van der Waals surface area contributed by atoms with E-state index in [-0.39, 0.29) is 21.7 Å². The first kappa shape index (κ1) is 17.5. The molecule has 0 N–H and O–H groups in total. The number of nitro groups is 1. The molecule has 0 saturated heterocycles. The van der Waals surface area contributed by atoms with E-state index in [1.54, 1.807) is 31.2 Å². The third kappa shape index (κ3) is 2.64. The van der Waals surface area contributed by atoms with Crippen LogP contribution in [0.4, 0.5) is 0 Å². The number of allylic oxidation sites excluding steroid dienone is 2. The van der Waals surface area contributed by atoms with Gasteiger partial charge in [0.05, 0.1) is 0 Å². The topological polar surface area (TPSA) is 86.5 Å². The van der Waals surface area contributed by atoms with Crippen LogP contribution in [0.2, 0.25) is 0 Å². The molecule has 140 valence electrons. The summed E-state index contributed by atoms with van der Waals surface area (Å²) in [5.74, 6) is 0.945. The maximum Gasteiger partial charge on any atom is 0.338 e. The van der Waals surface area contributed by atoms with Crippen LogP contribution in [0.1, 0.15) is 45.4 Å². The lowest BCUT2D eigenvalue weighted by Crippen LogP contribution is -2.59. The molecular weight excluding hydrogens is 354 g/mol. The number of nitrogens with zero attached hydrogens (tertiary/aromatic N) is 1. The van der Waals surface area contributed by atoms with Gasteiger partial charge in [-0.3, -0.25) is 10.1 Å². The molecule has 26 heavy (non-hydrogen) atoms. The molecule has 6 nitrogen and oxygen atoms in total. The summed E-state index contributed by atoms with van der Waals surface area (Å²) in [5.41, 5.74) is -1.45. The molecule has 1 aromatic carbocycles. The average molecular weight is 377 g/mol. The Balaban J connectivity index is 1.68. The first-order valence-electron chi connectivity index (χ1n) is 9.09. The predicted molar refractivity (Wildman–Crippen MR) is 95.3 cm³/mol. The first-order valence-corrected chi connectivity index (χ1v) is 10.5. The second-order valence-electron chi connectivity index (χ2n) is 8.23. The summed E-state index contributed by atoms with van der Waals surface area (Å²) < 4.78 is 31.0. The van der Waals surface area contributed by atoms with E-state index in [2.05, 4.69) is 0 Å². The quantitative estimate of drug-likeness (QED) is 0.336. The van der Waals surface area contributed by atoms with Gasteiger partial charge in [0.1, 0.15) is 10.7 Å². The molecule has 7 heteroatoms. The van der Waals surface area contributed by atoms with Crippen molar-refractivity contribution in [3.05, 3.63) is 52.3 Å². The molecule has 0 aliphatic heterocycles. The summed E-state index contributed by atoms with van der Waals surface area (Å²) >= 11 is 0. The summed E-state index contributed by atoms with van der Waals surface area (Å²) in [6.45, 7) is 1.76. The summed E-state index contributed by atoms with van der Waals surface area (Å²) in [7, 11) is -3.94. The van der Waals surface area contributed by atoms with Crippen molar-refractivity contribution in [3.63, 3.8) is 0 Å². The van der Waals surface area contributed by atoms with E-state index < -0.39 is 21.1 Å². The van der Waals surface area contributed by atoms with Gasteiger partial charge in [-0.25, -0.2) is 0 Å². The first-order chi connectivity index (χ1) is 12.3. The van der Waals surface area contributed by atoms with Crippen LogP contribution in [0.5, 0.6) is 0 Å². The van der Waals surface area contributed by atoms with Gasteiger partial charge >= 0.3 is 10.1 Å². The maximum atomic E-state index is 12.7. The third-order valence-electron chi connectivity index (χ3n) is 6.43. The normalized spacial score (nSPS) is 36.1. The van der Waals surface area contributed by atoms with Gasteiger partial charge in [0.2, 0.25) is 5.54 Å². The highest BCUT2D eigenvalue weighted by molar-refractivity contribution is 7.86. The van der Waals surface area contributed by atoms with Crippen molar-refractivity contribution < 1.29 is 17.5 Å². The van der Waals surface area contributed by atoms with Gasteiger partial charge in [-0.1, -0.05) is 18.2 Å². The zero-order valence-corrected chi connectivity index (χ0v) is 15.6. The van der Waals surface area contributed by atoms with Crippen molar-refractivity contribution in [2.45, 2.75) is 55.9 Å². The summed E-state index contributed by atoms with van der Waals surface area (Å²) in [6, 6.07) is 8.05. The van der Waals surface area contributed by atoms with E-state index in [0.29, 0.717) is 25.0 Å². The Bertz CT molecular complexity index is 847. The number of benzene rings is 1. The largest absolute Gasteiger partial charge is 0.383 e. The zero-order valence-electron chi connectivity index (χ0n) is 14.8. The van der Waals surface area contributed by atoms with Crippen molar-refractivity contribution in [3.8, 4) is 0 Å². The van der Waals surface area contributed by atoms with Crippen LogP contribution in [-0.4, -0.2) is 18.9 Å². The van der Waals surface area contributed by atoms with E-state index in [4.69, 9.17) is 4.18 Å². The molecule has 4 bridgehead atoms. The fraction of sp³-hybridized carbons (Fsp3) is 0.579. The molecule has 0 heterocycles. The lowest BCUT2D eigenvalue weighted by Gasteiger charge is -2.57. The van der Waals surface area contributed by atoms with E-state index in [1.807, 2.05) is 0 Å². The molecule has 2 unspecified atom stereocenters. The smallest absolute Gasteiger partial charge is 0.338 e. The van der Waals surface area contributed by atoms with Gasteiger partial charge in [-0.05, 0) is 56.2 Å². The third-order valence-corrected chi connectivity index (χ3v) is 7.68. The van der Waals surface area contributed by atoms with Crippen molar-refractivity contribution in [2.24, 2.45) is 17.3 Å². The van der Waals surface area contributed by atoms with Crippen LogP contribution in [-0.2, 0) is 14.3 Å². The minimum Gasteiger partial charge on any atom is -0.383 e. The highest BCUT2D eigenvalue weighted by atomic mass is 32.2. The predicted octanol–water partition coefficient (Wildman–Crippen LogP) is 3.91. The molecule has 1 aromatic rings. The molecule has 0 spiro atoms. The Hall–Kier alpha value is -1.89. The second-order valence-corrected chi connectivity index (χ2v) is 9.77. The van der Waals surface area contributed by atoms with Crippen molar-refractivity contribution in [1.29, 1.82) is 0 Å². The Morgan fingerprint density at radius 1 is 1.19 bits per heavy atom. The second kappa shape index (κ2) is 5.81. The standard InChI is InChI=1S/C19H23NO5S/c1-2-17(25-26(23,24)16-6-4-3-5-7-16)18-9-14-8-15(10-18)12-19(11-14,13-18)20(21)22/h2-7,14-15H,8-13H2,1H3. The van der Waals surface area contributed by atoms with Crippen LogP contribution < -0.4 is 0 Å². The molecule has 4 saturated carbocycles. The molecule has 0 amide bonds. The van der Waals surface area contributed by atoms with Crippen molar-refractivity contribution in [1.82, 2.24) is 0 Å². The van der Waals surface area contributed by atoms with Crippen LogP contribution in [0.25, 0.3) is 0 Å². The lowest BCUT2D eigenvalue weighted by atomic mass is 9.46. The Kier molecular flexibility index (Phi) is 3.91. The number of rotatable bonds is 5. The van der Waals surface area contributed by atoms with Crippen LogP contribution in [0.3, 0.4) is 0 Å². The monoisotopic (exact) mass is 377 g/mol. The van der Waals surface area contributed by atoms with E-state index >= 15 is 0 Å². The van der Waals surface area contributed by atoms with Gasteiger partial charge in [-0.2, -0.15) is 8.42 Å². The van der Waals surface area contributed by atoms with Crippen LogP contribution in [0.15, 0.2) is 47.1 Å². The van der Waals surface area contributed by atoms with Gasteiger partial charge in [-0.15, -0.1) is 0 Å². The molecule has 4 fully saturated rings. The van der Waals surface area contributed by atoms with Gasteiger partial charge in [0.15, 0.2) is 0 Å². The molecular formula is C19H23NO5S. The number of hydrogen-bond acceptors (Lipinski definition) is 5. The minimum atomic E-state index is -3.94. The molecule has 0 radical (unpaired) electrons. The highest BCUT2D eigenvalue weighted by Crippen LogP contribution is 2.65. The molecule has 0 aromatic heterocycles. The van der Waals surface area contributed by atoms with Crippen molar-refractivity contribution >= 4 is 10.1 Å². The van der Waals surface area contributed by atoms with E-state index in [0.717, 1.165) is 19.3 Å². The Labute approximate surface area is 153 Å². The van der Waals surface area contributed by atoms with Crippen molar-refractivity contribution in [2.75, 3.05) is 0 Å². The Morgan fingerprint density at radius 3 is 2.35 bits per heavy atom. The van der Waals surface area contributed by atoms with E-state index in [1.165, 1.54) is 12.1 Å². The maximum absolute atomic E-state index is 12.7. The summed E-state index contributed by atoms with van der Waals surface area (Å²) in [4.78, 5) is 11.8. The zero-order chi connectivity index (χ0) is 18.6.